The first-order valence-corrected chi connectivity index (χ1v) is 7.97. The number of nitrogens with zero attached hydrogens (tertiary/aromatic N) is 2. The van der Waals surface area contributed by atoms with Crippen molar-refractivity contribution in [2.45, 2.75) is 25.8 Å². The van der Waals surface area contributed by atoms with Crippen LogP contribution in [0.1, 0.15) is 25.2 Å². The minimum atomic E-state index is 0.350. The zero-order valence-electron chi connectivity index (χ0n) is 12.5. The second kappa shape index (κ2) is 6.24. The fraction of sp³-hybridized carbons (Fsp3) is 0.562. The Bertz CT molecular complexity index is 620. The molecule has 0 saturated carbocycles. The van der Waals surface area contributed by atoms with Crippen LogP contribution in [0.3, 0.4) is 0 Å². The molecule has 0 bridgehead atoms. The summed E-state index contributed by atoms with van der Waals surface area (Å²) in [5.74, 6) is 2.95. The molecule has 1 aliphatic rings. The van der Waals surface area contributed by atoms with Gasteiger partial charge in [0.05, 0.1) is 19.2 Å². The summed E-state index contributed by atoms with van der Waals surface area (Å²) in [6, 6.07) is 6.42. The van der Waals surface area contributed by atoms with Crippen LogP contribution in [0.15, 0.2) is 18.2 Å². The highest BCUT2D eigenvalue weighted by Crippen LogP contribution is 2.33. The molecule has 2 heterocycles. The van der Waals surface area contributed by atoms with E-state index in [2.05, 4.69) is 17.6 Å². The number of fused-ring (bicyclic) bond motifs is 1. The number of aromatic nitrogens is 2. The number of benzene rings is 1. The van der Waals surface area contributed by atoms with Crippen LogP contribution >= 0.6 is 11.6 Å². The molecule has 3 rings (SSSR count). The summed E-state index contributed by atoms with van der Waals surface area (Å²) < 4.78 is 13.3. The Hall–Kier alpha value is -1.26. The number of hydrogen-bond donors (Lipinski definition) is 0. The van der Waals surface area contributed by atoms with Crippen molar-refractivity contribution in [2.24, 2.45) is 5.92 Å². The average molecular weight is 309 g/mol. The van der Waals surface area contributed by atoms with Crippen LogP contribution in [0.2, 0.25) is 0 Å². The molecule has 0 aliphatic carbocycles. The SMILES string of the molecule is COc1cccc2c1nc(CCCl)n2C(C)C1CCOC1. The van der Waals surface area contributed by atoms with Crippen molar-refractivity contribution < 1.29 is 9.47 Å². The number of rotatable bonds is 5. The van der Waals surface area contributed by atoms with Crippen LogP contribution in [0, 0.1) is 5.92 Å². The summed E-state index contributed by atoms with van der Waals surface area (Å²) in [6.45, 7) is 3.93. The molecule has 0 amide bonds. The second-order valence-corrected chi connectivity index (χ2v) is 5.91. The zero-order chi connectivity index (χ0) is 14.8. The number of para-hydroxylation sites is 1. The lowest BCUT2D eigenvalue weighted by Gasteiger charge is -2.22. The number of halogens is 1. The molecule has 4 nitrogen and oxygen atoms in total. The predicted molar refractivity (Wildman–Crippen MR) is 84.3 cm³/mol. The summed E-state index contributed by atoms with van der Waals surface area (Å²) >= 11 is 5.96. The van der Waals surface area contributed by atoms with Gasteiger partial charge in [0.25, 0.3) is 0 Å². The first kappa shape index (κ1) is 14.7. The maximum atomic E-state index is 5.96. The molecule has 0 N–H and O–H groups in total. The fourth-order valence-corrected chi connectivity index (χ4v) is 3.33. The van der Waals surface area contributed by atoms with E-state index in [1.54, 1.807) is 7.11 Å². The molecule has 0 spiro atoms. The first-order chi connectivity index (χ1) is 10.3. The first-order valence-electron chi connectivity index (χ1n) is 7.43. The number of aryl methyl sites for hydroxylation is 1. The second-order valence-electron chi connectivity index (χ2n) is 5.53. The van der Waals surface area contributed by atoms with E-state index in [4.69, 9.17) is 26.1 Å². The molecular weight excluding hydrogens is 288 g/mol. The predicted octanol–water partition coefficient (Wildman–Crippen LogP) is 3.42. The molecule has 5 heteroatoms. The van der Waals surface area contributed by atoms with Crippen LogP contribution in [0.5, 0.6) is 5.75 Å². The van der Waals surface area contributed by atoms with Gasteiger partial charge < -0.3 is 14.0 Å². The van der Waals surface area contributed by atoms with Gasteiger partial charge >= 0.3 is 0 Å². The van der Waals surface area contributed by atoms with Crippen LogP contribution in [0.4, 0.5) is 0 Å². The summed E-state index contributed by atoms with van der Waals surface area (Å²) in [4.78, 5) is 4.78. The van der Waals surface area contributed by atoms with Crippen LogP contribution in [0.25, 0.3) is 11.0 Å². The Balaban J connectivity index is 2.11. The van der Waals surface area contributed by atoms with E-state index in [0.717, 1.165) is 48.7 Å². The number of alkyl halides is 1. The summed E-state index contributed by atoms with van der Waals surface area (Å²) in [5.41, 5.74) is 2.04. The lowest BCUT2D eigenvalue weighted by atomic mass is 10.00. The fourth-order valence-electron chi connectivity index (χ4n) is 3.16. The number of methoxy groups -OCH3 is 1. The van der Waals surface area contributed by atoms with Crippen molar-refractivity contribution in [1.29, 1.82) is 0 Å². The monoisotopic (exact) mass is 308 g/mol. The van der Waals surface area contributed by atoms with Crippen LogP contribution in [-0.4, -0.2) is 35.8 Å². The van der Waals surface area contributed by atoms with Crippen molar-refractivity contribution in [3.8, 4) is 5.75 Å². The third-order valence-electron chi connectivity index (χ3n) is 4.35. The van der Waals surface area contributed by atoms with Gasteiger partial charge in [-0.15, -0.1) is 11.6 Å². The molecule has 2 aromatic rings. The molecule has 1 saturated heterocycles. The zero-order valence-corrected chi connectivity index (χ0v) is 13.3. The normalized spacial score (nSPS) is 20.0. The largest absolute Gasteiger partial charge is 0.494 e. The lowest BCUT2D eigenvalue weighted by molar-refractivity contribution is 0.175. The Morgan fingerprint density at radius 2 is 2.38 bits per heavy atom. The molecule has 1 aliphatic heterocycles. The Morgan fingerprint density at radius 3 is 3.05 bits per heavy atom. The van der Waals surface area contributed by atoms with Gasteiger partial charge in [-0.2, -0.15) is 0 Å². The molecule has 1 fully saturated rings. The summed E-state index contributed by atoms with van der Waals surface area (Å²) in [6.07, 6.45) is 1.86. The quantitative estimate of drug-likeness (QED) is 0.794. The molecule has 1 aromatic heterocycles. The van der Waals surface area contributed by atoms with Gasteiger partial charge in [-0.25, -0.2) is 4.98 Å². The van der Waals surface area contributed by atoms with Crippen molar-refractivity contribution in [3.63, 3.8) is 0 Å². The Kier molecular flexibility index (Phi) is 4.36. The van der Waals surface area contributed by atoms with E-state index in [1.165, 1.54) is 0 Å². The Labute approximate surface area is 130 Å². The van der Waals surface area contributed by atoms with Gasteiger partial charge in [0.2, 0.25) is 0 Å². The highest BCUT2D eigenvalue weighted by molar-refractivity contribution is 6.17. The van der Waals surface area contributed by atoms with Crippen LogP contribution < -0.4 is 4.74 Å². The van der Waals surface area contributed by atoms with E-state index in [-0.39, 0.29) is 0 Å². The molecule has 2 atom stereocenters. The van der Waals surface area contributed by atoms with Crippen molar-refractivity contribution in [3.05, 3.63) is 24.0 Å². The maximum Gasteiger partial charge on any atom is 0.146 e. The summed E-state index contributed by atoms with van der Waals surface area (Å²) in [7, 11) is 1.68. The van der Waals surface area contributed by atoms with E-state index >= 15 is 0 Å². The van der Waals surface area contributed by atoms with Gasteiger partial charge in [-0.05, 0) is 25.5 Å². The molecule has 1 aromatic carbocycles. The minimum absolute atomic E-state index is 0.350. The smallest absolute Gasteiger partial charge is 0.146 e. The van der Waals surface area contributed by atoms with Gasteiger partial charge in [-0.1, -0.05) is 6.07 Å². The molecule has 2 unspecified atom stereocenters. The minimum Gasteiger partial charge on any atom is -0.494 e. The number of imidazole rings is 1. The third-order valence-corrected chi connectivity index (χ3v) is 4.54. The van der Waals surface area contributed by atoms with E-state index < -0.39 is 0 Å². The van der Waals surface area contributed by atoms with Crippen molar-refractivity contribution >= 4 is 22.6 Å². The topological polar surface area (TPSA) is 36.3 Å². The number of ether oxygens (including phenoxy) is 2. The highest BCUT2D eigenvalue weighted by Gasteiger charge is 2.27. The van der Waals surface area contributed by atoms with Gasteiger partial charge in [0.15, 0.2) is 0 Å². The van der Waals surface area contributed by atoms with E-state index in [9.17, 15) is 0 Å². The number of hydrogen-bond acceptors (Lipinski definition) is 3. The van der Waals surface area contributed by atoms with Crippen molar-refractivity contribution in [1.82, 2.24) is 9.55 Å². The average Bonchev–Trinajstić information content (AvgIpc) is 3.14. The van der Waals surface area contributed by atoms with E-state index in [0.29, 0.717) is 17.8 Å². The van der Waals surface area contributed by atoms with Crippen molar-refractivity contribution in [2.75, 3.05) is 26.2 Å². The molecule has 0 radical (unpaired) electrons. The molecular formula is C16H21ClN2O2. The van der Waals surface area contributed by atoms with Gasteiger partial charge in [0.1, 0.15) is 17.1 Å². The standard InChI is InChI=1S/C16H21ClN2O2/c1-11(12-7-9-21-10-12)19-13-4-3-5-14(20-2)16(13)18-15(19)6-8-17/h3-5,11-12H,6-10H2,1-2H3. The van der Waals surface area contributed by atoms with Gasteiger partial charge in [0, 0.05) is 30.9 Å². The molecule has 21 heavy (non-hydrogen) atoms. The molecule has 114 valence electrons. The third kappa shape index (κ3) is 2.62. The van der Waals surface area contributed by atoms with Crippen LogP contribution in [-0.2, 0) is 11.2 Å². The van der Waals surface area contributed by atoms with E-state index in [1.807, 2.05) is 12.1 Å². The maximum absolute atomic E-state index is 5.96. The highest BCUT2D eigenvalue weighted by atomic mass is 35.5. The lowest BCUT2D eigenvalue weighted by Crippen LogP contribution is -2.19. The van der Waals surface area contributed by atoms with Gasteiger partial charge in [-0.3, -0.25) is 0 Å². The Morgan fingerprint density at radius 1 is 1.52 bits per heavy atom. The summed E-state index contributed by atoms with van der Waals surface area (Å²) in [5, 5.41) is 0.